The van der Waals surface area contributed by atoms with Crippen LogP contribution in [0.15, 0.2) is 29.2 Å². The molecule has 15 heavy (non-hydrogen) atoms. The van der Waals surface area contributed by atoms with E-state index < -0.39 is 20.1 Å². The second kappa shape index (κ2) is 3.55. The van der Waals surface area contributed by atoms with Crippen molar-refractivity contribution in [3.05, 3.63) is 29.8 Å². The van der Waals surface area contributed by atoms with Crippen LogP contribution in [0.1, 0.15) is 5.56 Å². The molecule has 0 aromatic heterocycles. The summed E-state index contributed by atoms with van der Waals surface area (Å²) >= 11 is 0. The summed E-state index contributed by atoms with van der Waals surface area (Å²) in [7, 11) is -4.81. The van der Waals surface area contributed by atoms with Crippen LogP contribution in [0.3, 0.4) is 0 Å². The summed E-state index contributed by atoms with van der Waals surface area (Å²) in [6, 6.07) is 5.65. The van der Waals surface area contributed by atoms with Crippen LogP contribution in [0.2, 0.25) is 0 Å². The Morgan fingerprint density at radius 1 is 1.27 bits per heavy atom. The van der Waals surface area contributed by atoms with Gasteiger partial charge in [0.1, 0.15) is 0 Å². The zero-order valence-corrected chi connectivity index (χ0v) is 8.02. The third kappa shape index (κ3) is 2.10. The van der Waals surface area contributed by atoms with Gasteiger partial charge in [-0.25, -0.2) is 8.99 Å². The molecule has 0 bridgehead atoms. The number of alkyl halides is 3. The first kappa shape index (κ1) is 11.5. The first-order valence-corrected chi connectivity index (χ1v) is 5.20. The largest absolute Gasteiger partial charge is 0.483 e. The van der Waals surface area contributed by atoms with E-state index in [2.05, 4.69) is 0 Å². The zero-order valence-electron chi connectivity index (χ0n) is 7.21. The van der Waals surface area contributed by atoms with Gasteiger partial charge >= 0.3 is 5.51 Å². The lowest BCUT2D eigenvalue weighted by Crippen LogP contribution is -2.21. The lowest BCUT2D eigenvalue weighted by molar-refractivity contribution is -0.0406. The zero-order chi connectivity index (χ0) is 11.7. The van der Waals surface area contributed by atoms with Gasteiger partial charge in [-0.1, -0.05) is 0 Å². The second-order valence-corrected chi connectivity index (χ2v) is 4.68. The molecule has 0 amide bonds. The van der Waals surface area contributed by atoms with Gasteiger partial charge in [-0.2, -0.15) is 18.4 Å². The van der Waals surface area contributed by atoms with Crippen LogP contribution in [-0.4, -0.2) is 9.72 Å². The Morgan fingerprint density at radius 3 is 2.07 bits per heavy atom. The molecule has 3 nitrogen and oxygen atoms in total. The van der Waals surface area contributed by atoms with Gasteiger partial charge in [0.15, 0.2) is 9.73 Å². The summed E-state index contributed by atoms with van der Waals surface area (Å²) in [6.45, 7) is 0. The summed E-state index contributed by atoms with van der Waals surface area (Å²) in [5.41, 5.74) is -4.95. The van der Waals surface area contributed by atoms with E-state index in [1.165, 1.54) is 0 Å². The van der Waals surface area contributed by atoms with Crippen molar-refractivity contribution in [2.24, 2.45) is 0 Å². The van der Waals surface area contributed by atoms with Crippen molar-refractivity contribution in [1.29, 1.82) is 10.0 Å². The molecule has 7 heteroatoms. The maximum Gasteiger partial charge on any atom is 0.483 e. The Labute approximate surface area is 84.1 Å². The van der Waals surface area contributed by atoms with Crippen LogP contribution in [0.4, 0.5) is 13.2 Å². The highest BCUT2D eigenvalue weighted by Crippen LogP contribution is 2.30. The van der Waals surface area contributed by atoms with E-state index in [9.17, 15) is 17.4 Å². The van der Waals surface area contributed by atoms with Crippen LogP contribution in [0, 0.1) is 16.1 Å². The number of rotatable bonds is 1. The lowest BCUT2D eigenvalue weighted by atomic mass is 10.2. The molecule has 1 rings (SSSR count). The van der Waals surface area contributed by atoms with Gasteiger partial charge in [-0.05, 0) is 24.3 Å². The van der Waals surface area contributed by atoms with Crippen molar-refractivity contribution in [1.82, 2.24) is 0 Å². The highest BCUT2D eigenvalue weighted by Gasteiger charge is 2.42. The molecule has 1 aromatic rings. The Kier molecular flexibility index (Phi) is 2.73. The first-order valence-electron chi connectivity index (χ1n) is 3.64. The minimum absolute atomic E-state index is 0.149. The van der Waals surface area contributed by atoms with E-state index in [0.29, 0.717) is 0 Å². The maximum atomic E-state index is 12.2. The third-order valence-electron chi connectivity index (χ3n) is 1.64. The molecule has 0 aliphatic heterocycles. The molecule has 0 aliphatic rings. The van der Waals surface area contributed by atoms with Crippen LogP contribution in [0.5, 0.6) is 0 Å². The van der Waals surface area contributed by atoms with Crippen molar-refractivity contribution in [3.8, 4) is 6.07 Å². The number of nitrogens with one attached hydrogen (secondary N) is 1. The van der Waals surface area contributed by atoms with Gasteiger partial charge in [0.05, 0.1) is 16.5 Å². The van der Waals surface area contributed by atoms with E-state index in [-0.39, 0.29) is 5.56 Å². The molecule has 0 radical (unpaired) electrons. The number of hydrogen-bond donors (Lipinski definition) is 1. The fourth-order valence-corrected chi connectivity index (χ4v) is 1.64. The average Bonchev–Trinajstić information content (AvgIpc) is 2.16. The van der Waals surface area contributed by atoms with Crippen molar-refractivity contribution in [3.63, 3.8) is 0 Å². The predicted molar refractivity (Wildman–Crippen MR) is 46.3 cm³/mol. The van der Waals surface area contributed by atoms with Crippen molar-refractivity contribution >= 4 is 9.73 Å². The summed E-state index contributed by atoms with van der Waals surface area (Å²) in [5.74, 6) is 0. The molecule has 0 heterocycles. The van der Waals surface area contributed by atoms with E-state index in [1.807, 2.05) is 0 Å². The quantitative estimate of drug-likeness (QED) is 0.811. The maximum absolute atomic E-state index is 12.2. The second-order valence-electron chi connectivity index (χ2n) is 2.64. The number of benzene rings is 1. The van der Waals surface area contributed by atoms with E-state index in [1.54, 1.807) is 6.07 Å². The van der Waals surface area contributed by atoms with Crippen LogP contribution in [0.25, 0.3) is 0 Å². The normalized spacial score (nSPS) is 15.3. The first-order chi connectivity index (χ1) is 6.79. The summed E-state index contributed by atoms with van der Waals surface area (Å²) in [4.78, 5) is -0.644. The van der Waals surface area contributed by atoms with Crippen molar-refractivity contribution < 1.29 is 17.4 Å². The highest BCUT2D eigenvalue weighted by atomic mass is 32.2. The van der Waals surface area contributed by atoms with Gasteiger partial charge in [0.25, 0.3) is 0 Å². The minimum Gasteiger partial charge on any atom is -0.241 e. The smallest absolute Gasteiger partial charge is 0.241 e. The van der Waals surface area contributed by atoms with Crippen LogP contribution < -0.4 is 0 Å². The van der Waals surface area contributed by atoms with Gasteiger partial charge < -0.3 is 0 Å². The number of hydrogen-bond acceptors (Lipinski definition) is 3. The number of nitrogens with zero attached hydrogens (tertiary/aromatic N) is 1. The molecule has 80 valence electrons. The molecular weight excluding hydrogens is 229 g/mol. The molecule has 0 saturated carbocycles. The SMILES string of the molecule is N#Cc1ccc([S@@](=N)(=O)C(F)(F)F)cc1. The Morgan fingerprint density at radius 2 is 1.73 bits per heavy atom. The minimum atomic E-state index is -5.10. The van der Waals surface area contributed by atoms with Gasteiger partial charge in [0.2, 0.25) is 0 Å². The third-order valence-corrected chi connectivity index (χ3v) is 3.23. The van der Waals surface area contributed by atoms with Gasteiger partial charge in [-0.15, -0.1) is 0 Å². The van der Waals surface area contributed by atoms with E-state index >= 15 is 0 Å². The van der Waals surface area contributed by atoms with Gasteiger partial charge in [0, 0.05) is 0 Å². The molecular formula is C8H5F3N2OS. The molecule has 1 aromatic carbocycles. The number of nitriles is 1. The molecule has 0 fully saturated rings. The number of halogens is 3. The van der Waals surface area contributed by atoms with Crippen molar-refractivity contribution in [2.75, 3.05) is 0 Å². The summed E-state index contributed by atoms with van der Waals surface area (Å²) in [6.07, 6.45) is 0. The van der Waals surface area contributed by atoms with Gasteiger partial charge in [-0.3, -0.25) is 0 Å². The van der Waals surface area contributed by atoms with E-state index in [0.717, 1.165) is 24.3 Å². The molecule has 0 unspecified atom stereocenters. The molecule has 1 atom stereocenters. The monoisotopic (exact) mass is 234 g/mol. The molecule has 0 spiro atoms. The van der Waals surface area contributed by atoms with Crippen molar-refractivity contribution in [2.45, 2.75) is 10.4 Å². The Hall–Kier alpha value is -1.55. The fraction of sp³-hybridized carbons (Fsp3) is 0.125. The lowest BCUT2D eigenvalue weighted by Gasteiger charge is -2.10. The van der Waals surface area contributed by atoms with Crippen LogP contribution in [-0.2, 0) is 9.73 Å². The highest BCUT2D eigenvalue weighted by molar-refractivity contribution is 7.93. The summed E-state index contributed by atoms with van der Waals surface area (Å²) < 4.78 is 54.4. The molecule has 0 aliphatic carbocycles. The predicted octanol–water partition coefficient (Wildman–Crippen LogP) is 2.48. The standard InChI is InChI=1S/C8H5F3N2OS/c9-8(10,11)15(13,14)7-3-1-6(5-12)2-4-7/h1-4,13H/t15-/m1/s1. The summed E-state index contributed by atoms with van der Waals surface area (Å²) in [5, 5.41) is 8.40. The molecule has 1 N–H and O–H groups in total. The van der Waals surface area contributed by atoms with Crippen LogP contribution >= 0.6 is 0 Å². The van der Waals surface area contributed by atoms with E-state index in [4.69, 9.17) is 10.0 Å². The topological polar surface area (TPSA) is 64.7 Å². The Balaban J connectivity index is 3.26. The molecule has 0 saturated heterocycles. The Bertz CT molecular complexity index is 496. The fourth-order valence-electron chi connectivity index (χ4n) is 0.855. The average molecular weight is 234 g/mol.